The molecule has 14 heavy (non-hydrogen) atoms. The third-order valence-corrected chi connectivity index (χ3v) is 1.30. The minimum absolute atomic E-state index is 0. The number of halogens is 1. The Labute approximate surface area is 90.6 Å². The number of hydrogen-bond donors (Lipinski definition) is 2. The summed E-state index contributed by atoms with van der Waals surface area (Å²) in [6.45, 7) is 1.92. The van der Waals surface area contributed by atoms with Gasteiger partial charge in [-0.3, -0.25) is 0 Å². The number of benzene rings is 1. The molecule has 1 rings (SSSR count). The largest absolute Gasteiger partial charge is 0.478 e. The molecule has 0 bridgehead atoms. The van der Waals surface area contributed by atoms with E-state index in [0.29, 0.717) is 5.56 Å². The Bertz CT molecular complexity index is 259. The highest BCUT2D eigenvalue weighted by atomic mass is 35.5. The molecule has 0 heterocycles. The summed E-state index contributed by atoms with van der Waals surface area (Å²) in [5, 5.41) is 11.2. The first-order valence-electron chi connectivity index (χ1n) is 4.00. The first kappa shape index (κ1) is 15.4. The fourth-order valence-corrected chi connectivity index (χ4v) is 0.696. The average molecular weight is 218 g/mol. The van der Waals surface area contributed by atoms with Gasteiger partial charge in [0.15, 0.2) is 0 Å². The van der Waals surface area contributed by atoms with E-state index < -0.39 is 5.97 Å². The highest BCUT2D eigenvalue weighted by Gasteiger charge is 1.98. The SMILES string of the molecule is CNC.Cc1ccc(C(=O)O)cc1.Cl. The van der Waals surface area contributed by atoms with Crippen molar-refractivity contribution >= 4 is 18.4 Å². The topological polar surface area (TPSA) is 49.3 Å². The molecule has 0 unspecified atom stereocenters. The van der Waals surface area contributed by atoms with Crippen molar-refractivity contribution in [3.05, 3.63) is 35.4 Å². The fourth-order valence-electron chi connectivity index (χ4n) is 0.696. The van der Waals surface area contributed by atoms with Gasteiger partial charge in [0.05, 0.1) is 5.56 Å². The maximum Gasteiger partial charge on any atom is 0.335 e. The van der Waals surface area contributed by atoms with E-state index in [2.05, 4.69) is 5.32 Å². The Morgan fingerprint density at radius 1 is 1.21 bits per heavy atom. The molecule has 4 heteroatoms. The predicted molar refractivity (Wildman–Crippen MR) is 60.4 cm³/mol. The number of rotatable bonds is 1. The van der Waals surface area contributed by atoms with Crippen LogP contribution in [0.15, 0.2) is 24.3 Å². The van der Waals surface area contributed by atoms with Crippen LogP contribution in [0.2, 0.25) is 0 Å². The lowest BCUT2D eigenvalue weighted by Crippen LogP contribution is -1.94. The second-order valence-electron chi connectivity index (χ2n) is 2.67. The lowest BCUT2D eigenvalue weighted by atomic mass is 10.2. The van der Waals surface area contributed by atoms with Crippen molar-refractivity contribution in [2.24, 2.45) is 0 Å². The van der Waals surface area contributed by atoms with Gasteiger partial charge in [-0.05, 0) is 33.2 Å². The van der Waals surface area contributed by atoms with Gasteiger partial charge in [-0.25, -0.2) is 4.79 Å². The van der Waals surface area contributed by atoms with E-state index in [-0.39, 0.29) is 12.4 Å². The van der Waals surface area contributed by atoms with Crippen LogP contribution in [0, 0.1) is 6.92 Å². The molecule has 1 aromatic rings. The number of aromatic carboxylic acids is 1. The van der Waals surface area contributed by atoms with Crippen molar-refractivity contribution in [1.29, 1.82) is 0 Å². The molecule has 0 spiro atoms. The number of hydrogen-bond acceptors (Lipinski definition) is 2. The summed E-state index contributed by atoms with van der Waals surface area (Å²) >= 11 is 0. The minimum Gasteiger partial charge on any atom is -0.478 e. The van der Waals surface area contributed by atoms with Crippen molar-refractivity contribution in [2.75, 3.05) is 14.1 Å². The maximum absolute atomic E-state index is 10.3. The molecule has 0 saturated heterocycles. The molecule has 0 aromatic heterocycles. The van der Waals surface area contributed by atoms with Crippen LogP contribution in [0.1, 0.15) is 15.9 Å². The molecule has 1 aromatic carbocycles. The van der Waals surface area contributed by atoms with Gasteiger partial charge >= 0.3 is 5.97 Å². The lowest BCUT2D eigenvalue weighted by Gasteiger charge is -1.92. The van der Waals surface area contributed by atoms with Gasteiger partial charge in [0.25, 0.3) is 0 Å². The van der Waals surface area contributed by atoms with Crippen LogP contribution >= 0.6 is 12.4 Å². The predicted octanol–water partition coefficient (Wildman–Crippen LogP) is 1.95. The van der Waals surface area contributed by atoms with Gasteiger partial charge < -0.3 is 10.4 Å². The summed E-state index contributed by atoms with van der Waals surface area (Å²) < 4.78 is 0. The van der Waals surface area contributed by atoms with E-state index in [4.69, 9.17) is 5.11 Å². The lowest BCUT2D eigenvalue weighted by molar-refractivity contribution is 0.0697. The summed E-state index contributed by atoms with van der Waals surface area (Å²) in [4.78, 5) is 10.3. The summed E-state index contributed by atoms with van der Waals surface area (Å²) in [7, 11) is 3.75. The molecule has 0 aliphatic heterocycles. The molecule has 0 radical (unpaired) electrons. The van der Waals surface area contributed by atoms with Crippen LogP contribution < -0.4 is 5.32 Å². The quantitative estimate of drug-likeness (QED) is 0.756. The number of carbonyl (C=O) groups is 1. The number of carboxylic acid groups (broad SMARTS) is 1. The van der Waals surface area contributed by atoms with E-state index in [9.17, 15) is 4.79 Å². The smallest absolute Gasteiger partial charge is 0.335 e. The van der Waals surface area contributed by atoms with Crippen LogP contribution in [0.4, 0.5) is 0 Å². The van der Waals surface area contributed by atoms with Gasteiger partial charge in [0.1, 0.15) is 0 Å². The van der Waals surface area contributed by atoms with Gasteiger partial charge in [-0.15, -0.1) is 12.4 Å². The van der Waals surface area contributed by atoms with Gasteiger partial charge in [-0.1, -0.05) is 17.7 Å². The van der Waals surface area contributed by atoms with E-state index in [1.165, 1.54) is 0 Å². The minimum atomic E-state index is -0.875. The Morgan fingerprint density at radius 3 is 1.86 bits per heavy atom. The van der Waals surface area contributed by atoms with Crippen molar-refractivity contribution < 1.29 is 9.90 Å². The van der Waals surface area contributed by atoms with Gasteiger partial charge in [0, 0.05) is 0 Å². The van der Waals surface area contributed by atoms with E-state index >= 15 is 0 Å². The fraction of sp³-hybridized carbons (Fsp3) is 0.300. The summed E-state index contributed by atoms with van der Waals surface area (Å²) in [5.41, 5.74) is 1.41. The normalized spacial score (nSPS) is 7.93. The van der Waals surface area contributed by atoms with Crippen LogP contribution in [-0.4, -0.2) is 25.2 Å². The van der Waals surface area contributed by atoms with Crippen LogP contribution in [0.3, 0.4) is 0 Å². The molecular weight excluding hydrogens is 202 g/mol. The van der Waals surface area contributed by atoms with Gasteiger partial charge in [-0.2, -0.15) is 0 Å². The summed E-state index contributed by atoms with van der Waals surface area (Å²) in [6, 6.07) is 6.75. The van der Waals surface area contributed by atoms with Crippen LogP contribution in [0.5, 0.6) is 0 Å². The van der Waals surface area contributed by atoms with Crippen molar-refractivity contribution in [1.82, 2.24) is 5.32 Å². The second kappa shape index (κ2) is 8.53. The monoisotopic (exact) mass is 217 g/mol. The second-order valence-corrected chi connectivity index (χ2v) is 2.67. The van der Waals surface area contributed by atoms with Gasteiger partial charge in [0.2, 0.25) is 0 Å². The molecule has 3 nitrogen and oxygen atoms in total. The Hall–Kier alpha value is -1.06. The van der Waals surface area contributed by atoms with Crippen molar-refractivity contribution in [3.8, 4) is 0 Å². The van der Waals surface area contributed by atoms with Crippen molar-refractivity contribution in [3.63, 3.8) is 0 Å². The zero-order valence-corrected chi connectivity index (χ0v) is 9.39. The van der Waals surface area contributed by atoms with E-state index in [0.717, 1.165) is 5.56 Å². The first-order chi connectivity index (χ1) is 6.11. The molecule has 0 amide bonds. The Balaban J connectivity index is 0. The maximum atomic E-state index is 10.3. The number of nitrogens with one attached hydrogen (secondary N) is 1. The summed E-state index contributed by atoms with van der Waals surface area (Å²) in [6.07, 6.45) is 0. The van der Waals surface area contributed by atoms with E-state index in [1.54, 1.807) is 24.3 Å². The Kier molecular flexibility index (Phi) is 9.40. The standard InChI is InChI=1S/C8H8O2.C2H7N.ClH/c1-6-2-4-7(5-3-6)8(9)10;1-3-2;/h2-5H,1H3,(H,9,10);3H,1-2H3;1H. The zero-order chi connectivity index (χ0) is 10.3. The number of carboxylic acids is 1. The Morgan fingerprint density at radius 2 is 1.57 bits per heavy atom. The highest BCUT2D eigenvalue weighted by molar-refractivity contribution is 5.87. The summed E-state index contributed by atoms with van der Waals surface area (Å²) in [5.74, 6) is -0.875. The molecule has 80 valence electrons. The molecule has 0 aliphatic carbocycles. The molecule has 2 N–H and O–H groups in total. The van der Waals surface area contributed by atoms with E-state index in [1.807, 2.05) is 21.0 Å². The van der Waals surface area contributed by atoms with Crippen LogP contribution in [0.25, 0.3) is 0 Å². The number of aryl methyl sites for hydroxylation is 1. The molecule has 0 saturated carbocycles. The molecule has 0 atom stereocenters. The first-order valence-corrected chi connectivity index (χ1v) is 4.00. The third-order valence-electron chi connectivity index (χ3n) is 1.30. The average Bonchev–Trinajstić information content (AvgIpc) is 2.06. The highest BCUT2D eigenvalue weighted by Crippen LogP contribution is 2.01. The molecule has 0 fully saturated rings. The third kappa shape index (κ3) is 6.46. The molecular formula is C10H16ClNO2. The van der Waals surface area contributed by atoms with Crippen molar-refractivity contribution in [2.45, 2.75) is 6.92 Å². The van der Waals surface area contributed by atoms with Crippen LogP contribution in [-0.2, 0) is 0 Å². The molecule has 0 aliphatic rings. The zero-order valence-electron chi connectivity index (χ0n) is 8.57.